The fourth-order valence-electron chi connectivity index (χ4n) is 1.84. The van der Waals surface area contributed by atoms with Gasteiger partial charge in [-0.1, -0.05) is 25.6 Å². The van der Waals surface area contributed by atoms with Gasteiger partial charge in [0.05, 0.1) is 20.3 Å². The summed E-state index contributed by atoms with van der Waals surface area (Å²) in [5, 5.41) is 4.31. The predicted octanol–water partition coefficient (Wildman–Crippen LogP) is 3.24. The lowest BCUT2D eigenvalue weighted by molar-refractivity contribution is 0.355. The number of rotatable bonds is 4. The van der Waals surface area contributed by atoms with Crippen LogP contribution in [0.15, 0.2) is 23.2 Å². The van der Waals surface area contributed by atoms with Crippen molar-refractivity contribution in [3.05, 3.63) is 18.2 Å². The van der Waals surface area contributed by atoms with Gasteiger partial charge in [0, 0.05) is 17.5 Å². The number of ether oxygens (including phenoxy) is 2. The second-order valence-electron chi connectivity index (χ2n) is 4.75. The molecule has 0 aromatic heterocycles. The first-order valence-corrected chi connectivity index (χ1v) is 7.32. The third-order valence-electron chi connectivity index (χ3n) is 3.08. The van der Waals surface area contributed by atoms with Gasteiger partial charge in [0.2, 0.25) is 0 Å². The molecular weight excluding hydrogens is 260 g/mol. The maximum Gasteiger partial charge on any atom is 0.162 e. The van der Waals surface area contributed by atoms with Crippen LogP contribution < -0.4 is 14.8 Å². The summed E-state index contributed by atoms with van der Waals surface area (Å²) in [6.45, 7) is 4.40. The van der Waals surface area contributed by atoms with Crippen molar-refractivity contribution in [1.29, 1.82) is 0 Å². The molecule has 0 saturated carbocycles. The van der Waals surface area contributed by atoms with E-state index in [0.717, 1.165) is 28.1 Å². The minimum absolute atomic E-state index is 0.410. The number of hydrogen-bond acceptors (Lipinski definition) is 5. The van der Waals surface area contributed by atoms with Crippen LogP contribution in [0.2, 0.25) is 0 Å². The summed E-state index contributed by atoms with van der Waals surface area (Å²) in [6, 6.07) is 6.19. The Hall–Kier alpha value is -1.36. The molecular formula is C14H20N2O2S. The number of hydrogen-bond donors (Lipinski definition) is 1. The van der Waals surface area contributed by atoms with Crippen molar-refractivity contribution < 1.29 is 9.47 Å². The fraction of sp³-hybridized carbons (Fsp3) is 0.500. The van der Waals surface area contributed by atoms with E-state index in [0.29, 0.717) is 12.0 Å². The highest BCUT2D eigenvalue weighted by atomic mass is 32.2. The second kappa shape index (κ2) is 6.19. The number of nitrogens with zero attached hydrogens (tertiary/aromatic N) is 1. The van der Waals surface area contributed by atoms with Crippen LogP contribution >= 0.6 is 11.8 Å². The highest BCUT2D eigenvalue weighted by Gasteiger charge is 2.21. The topological polar surface area (TPSA) is 42.8 Å². The molecule has 1 unspecified atom stereocenters. The molecule has 5 heteroatoms. The van der Waals surface area contributed by atoms with Gasteiger partial charge in [0.25, 0.3) is 0 Å². The Balaban J connectivity index is 2.10. The van der Waals surface area contributed by atoms with Crippen LogP contribution in [0.4, 0.5) is 5.69 Å². The van der Waals surface area contributed by atoms with Crippen molar-refractivity contribution in [2.24, 2.45) is 10.9 Å². The monoisotopic (exact) mass is 280 g/mol. The third-order valence-corrected chi connectivity index (χ3v) is 4.07. The molecule has 0 saturated heterocycles. The third kappa shape index (κ3) is 3.35. The standard InChI is InChI=1S/C14H20N2O2S/c1-9(2)11-8-19-14(16-11)15-10-5-6-12(17-3)13(7-10)18-4/h5-7,9,11H,8H2,1-4H3,(H,15,16). The average Bonchev–Trinajstić information content (AvgIpc) is 2.87. The lowest BCUT2D eigenvalue weighted by Crippen LogP contribution is -2.12. The molecule has 0 amide bonds. The summed E-state index contributed by atoms with van der Waals surface area (Å²) in [5.74, 6) is 3.08. The van der Waals surface area contributed by atoms with Crippen LogP contribution in [0.1, 0.15) is 13.8 Å². The molecule has 4 nitrogen and oxygen atoms in total. The number of thioether (sulfide) groups is 1. The number of nitrogens with one attached hydrogen (secondary N) is 1. The lowest BCUT2D eigenvalue weighted by Gasteiger charge is -2.10. The van der Waals surface area contributed by atoms with Gasteiger partial charge in [0.1, 0.15) is 0 Å². The zero-order chi connectivity index (χ0) is 13.8. The molecule has 1 heterocycles. The van der Waals surface area contributed by atoms with Gasteiger partial charge < -0.3 is 14.8 Å². The Morgan fingerprint density at radius 1 is 1.26 bits per heavy atom. The van der Waals surface area contributed by atoms with Crippen LogP contribution in [0, 0.1) is 5.92 Å². The van der Waals surface area contributed by atoms with Crippen molar-refractivity contribution in [2.45, 2.75) is 19.9 Å². The molecule has 1 aromatic rings. The van der Waals surface area contributed by atoms with Crippen molar-refractivity contribution in [2.75, 3.05) is 25.3 Å². The van der Waals surface area contributed by atoms with Crippen LogP contribution in [0.5, 0.6) is 11.5 Å². The van der Waals surface area contributed by atoms with Crippen LogP contribution in [-0.4, -0.2) is 31.2 Å². The number of anilines is 1. The van der Waals surface area contributed by atoms with E-state index in [1.807, 2.05) is 18.2 Å². The molecule has 1 aliphatic heterocycles. The molecule has 0 bridgehead atoms. The van der Waals surface area contributed by atoms with Gasteiger partial charge in [-0.2, -0.15) is 0 Å². The van der Waals surface area contributed by atoms with Crippen molar-refractivity contribution in [3.8, 4) is 11.5 Å². The molecule has 0 fully saturated rings. The van der Waals surface area contributed by atoms with Crippen molar-refractivity contribution in [1.82, 2.24) is 0 Å². The number of amidine groups is 1. The van der Waals surface area contributed by atoms with Gasteiger partial charge in [0.15, 0.2) is 16.7 Å². The molecule has 19 heavy (non-hydrogen) atoms. The molecule has 0 radical (unpaired) electrons. The maximum atomic E-state index is 5.29. The van der Waals surface area contributed by atoms with Crippen molar-refractivity contribution in [3.63, 3.8) is 0 Å². The van der Waals surface area contributed by atoms with Crippen LogP contribution in [0.25, 0.3) is 0 Å². The molecule has 1 aromatic carbocycles. The first kappa shape index (κ1) is 14.1. The average molecular weight is 280 g/mol. The summed E-state index contributed by atoms with van der Waals surface area (Å²) in [6.07, 6.45) is 0. The molecule has 0 spiro atoms. The smallest absolute Gasteiger partial charge is 0.162 e. The van der Waals surface area contributed by atoms with Gasteiger partial charge in [-0.15, -0.1) is 0 Å². The second-order valence-corrected chi connectivity index (χ2v) is 5.76. The summed E-state index contributed by atoms with van der Waals surface area (Å²) in [4.78, 5) is 4.68. The SMILES string of the molecule is COc1ccc(NC2=NC(C(C)C)CS2)cc1OC. The van der Waals surface area contributed by atoms with Crippen LogP contribution in [0.3, 0.4) is 0 Å². The van der Waals surface area contributed by atoms with E-state index in [-0.39, 0.29) is 0 Å². The van der Waals surface area contributed by atoms with Crippen molar-refractivity contribution >= 4 is 22.6 Å². The quantitative estimate of drug-likeness (QED) is 0.919. The highest BCUT2D eigenvalue weighted by Crippen LogP contribution is 2.31. The van der Waals surface area contributed by atoms with E-state index in [4.69, 9.17) is 9.47 Å². The van der Waals surface area contributed by atoms with E-state index >= 15 is 0 Å². The van der Waals surface area contributed by atoms with E-state index in [9.17, 15) is 0 Å². The summed E-state index contributed by atoms with van der Waals surface area (Å²) in [5.41, 5.74) is 0.966. The first-order valence-electron chi connectivity index (χ1n) is 6.33. The summed E-state index contributed by atoms with van der Waals surface area (Å²) < 4.78 is 10.5. The minimum Gasteiger partial charge on any atom is -0.493 e. The highest BCUT2D eigenvalue weighted by molar-refractivity contribution is 8.14. The Labute approximate surface area is 118 Å². The lowest BCUT2D eigenvalue weighted by atomic mass is 10.1. The Morgan fingerprint density at radius 3 is 2.58 bits per heavy atom. The van der Waals surface area contributed by atoms with Gasteiger partial charge in [-0.25, -0.2) is 0 Å². The van der Waals surface area contributed by atoms with Gasteiger partial charge in [-0.05, 0) is 18.1 Å². The van der Waals surface area contributed by atoms with E-state index in [1.165, 1.54) is 0 Å². The number of benzene rings is 1. The molecule has 104 valence electrons. The van der Waals surface area contributed by atoms with E-state index < -0.39 is 0 Å². The molecule has 1 aliphatic rings. The summed E-state index contributed by atoms with van der Waals surface area (Å²) >= 11 is 1.76. The number of methoxy groups -OCH3 is 2. The molecule has 0 aliphatic carbocycles. The Morgan fingerprint density at radius 2 is 2.00 bits per heavy atom. The Kier molecular flexibility index (Phi) is 4.58. The largest absolute Gasteiger partial charge is 0.493 e. The Bertz CT molecular complexity index is 475. The van der Waals surface area contributed by atoms with E-state index in [2.05, 4.69) is 24.2 Å². The maximum absolute atomic E-state index is 5.29. The zero-order valence-electron chi connectivity index (χ0n) is 11.8. The number of aliphatic imine (C=N–C) groups is 1. The fourth-order valence-corrected chi connectivity index (χ4v) is 3.02. The molecule has 2 rings (SSSR count). The molecule has 1 atom stereocenters. The van der Waals surface area contributed by atoms with Gasteiger partial charge >= 0.3 is 0 Å². The normalized spacial score (nSPS) is 18.4. The first-order chi connectivity index (χ1) is 9.13. The predicted molar refractivity (Wildman–Crippen MR) is 81.7 cm³/mol. The summed E-state index contributed by atoms with van der Waals surface area (Å²) in [7, 11) is 3.27. The van der Waals surface area contributed by atoms with Crippen LogP contribution in [-0.2, 0) is 0 Å². The minimum atomic E-state index is 0.410. The zero-order valence-corrected chi connectivity index (χ0v) is 12.6. The molecule has 1 N–H and O–H groups in total. The van der Waals surface area contributed by atoms with Gasteiger partial charge in [-0.3, -0.25) is 4.99 Å². The van der Waals surface area contributed by atoms with E-state index in [1.54, 1.807) is 26.0 Å².